The van der Waals surface area contributed by atoms with Gasteiger partial charge in [-0.25, -0.2) is 9.78 Å². The Morgan fingerprint density at radius 1 is 1.29 bits per heavy atom. The minimum atomic E-state index is -1.04. The van der Waals surface area contributed by atoms with E-state index in [0.29, 0.717) is 22.3 Å². The summed E-state index contributed by atoms with van der Waals surface area (Å²) in [6, 6.07) is 1.75. The lowest BCUT2D eigenvalue weighted by Gasteiger charge is -2.31. The lowest BCUT2D eigenvalue weighted by atomic mass is 9.82. The highest BCUT2D eigenvalue weighted by Crippen LogP contribution is 2.36. The number of hydrogen-bond acceptors (Lipinski definition) is 4. The molecule has 166 valence electrons. The summed E-state index contributed by atoms with van der Waals surface area (Å²) in [7, 11) is 1.87. The summed E-state index contributed by atoms with van der Waals surface area (Å²) < 4.78 is 1.86. The molecule has 0 bridgehead atoms. The molecule has 0 aliphatic heterocycles. The van der Waals surface area contributed by atoms with Crippen LogP contribution in [0.15, 0.2) is 18.5 Å². The third-order valence-electron chi connectivity index (χ3n) is 5.61. The second-order valence-corrected chi connectivity index (χ2v) is 10.5. The van der Waals surface area contributed by atoms with Gasteiger partial charge in [0.2, 0.25) is 5.91 Å². The molecular formula is C24H31N3O3S. The predicted octanol–water partition coefficient (Wildman–Crippen LogP) is 4.94. The zero-order valence-corrected chi connectivity index (χ0v) is 19.8. The summed E-state index contributed by atoms with van der Waals surface area (Å²) in [5.41, 5.74) is 0.219. The molecule has 1 amide bonds. The summed E-state index contributed by atoms with van der Waals surface area (Å²) in [6.07, 6.45) is 7.22. The summed E-state index contributed by atoms with van der Waals surface area (Å²) in [6.45, 7) is 8.47. The minimum absolute atomic E-state index is 0.0227. The molecule has 0 unspecified atom stereocenters. The number of carboxylic acids is 1. The van der Waals surface area contributed by atoms with Crippen molar-refractivity contribution >= 4 is 28.9 Å². The van der Waals surface area contributed by atoms with Crippen molar-refractivity contribution in [1.82, 2.24) is 9.55 Å². The van der Waals surface area contributed by atoms with Crippen LogP contribution in [0.1, 0.15) is 73.8 Å². The Labute approximate surface area is 188 Å². The molecule has 0 radical (unpaired) electrons. The van der Waals surface area contributed by atoms with E-state index in [2.05, 4.69) is 23.7 Å². The van der Waals surface area contributed by atoms with Crippen LogP contribution < -0.4 is 4.90 Å². The molecule has 1 aliphatic carbocycles. The highest BCUT2D eigenvalue weighted by atomic mass is 32.1. The molecule has 1 saturated carbocycles. The number of anilines is 1. The van der Waals surface area contributed by atoms with Crippen LogP contribution in [0, 0.1) is 29.1 Å². The number of aromatic carboxylic acids is 1. The number of thiophene rings is 1. The van der Waals surface area contributed by atoms with Crippen LogP contribution in [-0.4, -0.2) is 26.5 Å². The van der Waals surface area contributed by atoms with E-state index in [9.17, 15) is 14.7 Å². The summed E-state index contributed by atoms with van der Waals surface area (Å²) in [5.74, 6) is 6.43. The first-order valence-corrected chi connectivity index (χ1v) is 11.5. The van der Waals surface area contributed by atoms with E-state index in [4.69, 9.17) is 0 Å². The largest absolute Gasteiger partial charge is 0.477 e. The van der Waals surface area contributed by atoms with Crippen LogP contribution >= 0.6 is 11.3 Å². The van der Waals surface area contributed by atoms with E-state index in [1.807, 2.05) is 38.6 Å². The maximum Gasteiger partial charge on any atom is 0.348 e. The molecule has 1 N–H and O–H groups in total. The number of amides is 1. The second kappa shape index (κ2) is 9.27. The number of rotatable bonds is 5. The van der Waals surface area contributed by atoms with E-state index in [1.54, 1.807) is 17.2 Å². The van der Waals surface area contributed by atoms with Crippen LogP contribution in [0.5, 0.6) is 0 Å². The fourth-order valence-electron chi connectivity index (χ4n) is 3.75. The highest BCUT2D eigenvalue weighted by Gasteiger charge is 2.32. The summed E-state index contributed by atoms with van der Waals surface area (Å²) in [4.78, 5) is 32.4. The van der Waals surface area contributed by atoms with Gasteiger partial charge in [0.25, 0.3) is 0 Å². The molecule has 0 atom stereocenters. The molecule has 0 spiro atoms. The van der Waals surface area contributed by atoms with Crippen LogP contribution in [0.3, 0.4) is 0 Å². The lowest BCUT2D eigenvalue weighted by molar-refractivity contribution is -0.123. The first-order valence-electron chi connectivity index (χ1n) is 10.7. The van der Waals surface area contributed by atoms with Crippen molar-refractivity contribution in [3.63, 3.8) is 0 Å². The molecule has 7 heteroatoms. The zero-order chi connectivity index (χ0) is 22.8. The maximum absolute atomic E-state index is 13.6. The van der Waals surface area contributed by atoms with Crippen molar-refractivity contribution in [2.75, 3.05) is 4.90 Å². The van der Waals surface area contributed by atoms with E-state index >= 15 is 0 Å². The van der Waals surface area contributed by atoms with Gasteiger partial charge in [0, 0.05) is 30.8 Å². The summed E-state index contributed by atoms with van der Waals surface area (Å²) in [5, 5.41) is 9.87. The molecule has 1 aliphatic rings. The van der Waals surface area contributed by atoms with Crippen LogP contribution in [0.2, 0.25) is 0 Å². The minimum Gasteiger partial charge on any atom is -0.477 e. The van der Waals surface area contributed by atoms with Gasteiger partial charge in [-0.1, -0.05) is 18.8 Å². The molecule has 0 saturated heterocycles. The Hall–Kier alpha value is -2.59. The number of hydrogen-bond donors (Lipinski definition) is 1. The van der Waals surface area contributed by atoms with Crippen molar-refractivity contribution in [3.8, 4) is 11.8 Å². The van der Waals surface area contributed by atoms with Crippen molar-refractivity contribution < 1.29 is 14.7 Å². The molecule has 31 heavy (non-hydrogen) atoms. The maximum atomic E-state index is 13.6. The Morgan fingerprint density at radius 2 is 1.97 bits per heavy atom. The average molecular weight is 442 g/mol. The molecule has 3 rings (SSSR count). The molecular weight excluding hydrogens is 410 g/mol. The van der Waals surface area contributed by atoms with Gasteiger partial charge in [-0.2, -0.15) is 0 Å². The first kappa shape index (κ1) is 23.1. The third-order valence-corrected chi connectivity index (χ3v) is 6.64. The fraction of sp³-hybridized carbons (Fsp3) is 0.542. The van der Waals surface area contributed by atoms with Crippen molar-refractivity contribution in [1.29, 1.82) is 0 Å². The van der Waals surface area contributed by atoms with Gasteiger partial charge >= 0.3 is 5.97 Å². The van der Waals surface area contributed by atoms with Gasteiger partial charge in [0.1, 0.15) is 10.7 Å². The number of carbonyl (C=O) groups is 2. The molecule has 0 aromatic carbocycles. The van der Waals surface area contributed by atoms with E-state index in [-0.39, 0.29) is 28.7 Å². The van der Waals surface area contributed by atoms with E-state index < -0.39 is 5.97 Å². The number of carbonyl (C=O) groups excluding carboxylic acids is 1. The number of imidazole rings is 1. The molecule has 2 heterocycles. The Bertz CT molecular complexity index is 1010. The number of carboxylic acid groups (broad SMARTS) is 1. The van der Waals surface area contributed by atoms with Gasteiger partial charge in [-0.15, -0.1) is 11.3 Å². The number of aromatic nitrogens is 2. The van der Waals surface area contributed by atoms with Gasteiger partial charge < -0.3 is 14.6 Å². The first-order chi connectivity index (χ1) is 14.5. The number of nitrogens with zero attached hydrogens (tertiary/aromatic N) is 3. The third kappa shape index (κ3) is 5.76. The Kier molecular flexibility index (Phi) is 6.90. The molecule has 6 nitrogen and oxygen atoms in total. The summed E-state index contributed by atoms with van der Waals surface area (Å²) >= 11 is 1.12. The predicted molar refractivity (Wildman–Crippen MR) is 123 cm³/mol. The van der Waals surface area contributed by atoms with Crippen molar-refractivity contribution in [3.05, 3.63) is 34.0 Å². The van der Waals surface area contributed by atoms with Crippen LogP contribution in [-0.2, 0) is 18.4 Å². The highest BCUT2D eigenvalue weighted by molar-refractivity contribution is 7.15. The topological polar surface area (TPSA) is 75.4 Å². The van der Waals surface area contributed by atoms with Crippen LogP contribution in [0.25, 0.3) is 0 Å². The molecule has 2 aromatic heterocycles. The average Bonchev–Trinajstić information content (AvgIpc) is 3.30. The Balaban J connectivity index is 2.02. The molecule has 1 fully saturated rings. The normalized spacial score (nSPS) is 18.9. The second-order valence-electron chi connectivity index (χ2n) is 9.47. The monoisotopic (exact) mass is 441 g/mol. The van der Waals surface area contributed by atoms with Crippen molar-refractivity contribution in [2.24, 2.45) is 24.3 Å². The zero-order valence-electron chi connectivity index (χ0n) is 18.9. The standard InChI is InChI=1S/C24H31N3O3S/c1-16-6-8-17(9-7-16)22(28)27(15-20-25-12-13-26(20)5)19-14-18(10-11-24(2,3)4)31-21(19)23(29)30/h12-14,16-17H,6-9,15H2,1-5H3,(H,29,30). The van der Waals surface area contributed by atoms with Gasteiger partial charge in [-0.05, 0) is 58.4 Å². The lowest BCUT2D eigenvalue weighted by Crippen LogP contribution is -2.38. The quantitative estimate of drug-likeness (QED) is 0.667. The SMILES string of the molecule is CC1CCC(C(=O)N(Cc2nccn2C)c2cc(C#CC(C)(C)C)sc2C(=O)O)CC1. The number of aryl methyl sites for hydroxylation is 1. The van der Waals surface area contributed by atoms with Crippen LogP contribution in [0.4, 0.5) is 5.69 Å². The molecule has 2 aromatic rings. The Morgan fingerprint density at radius 3 is 2.52 bits per heavy atom. The smallest absolute Gasteiger partial charge is 0.348 e. The van der Waals surface area contributed by atoms with E-state index in [0.717, 1.165) is 37.0 Å². The van der Waals surface area contributed by atoms with Gasteiger partial charge in [-0.3, -0.25) is 4.79 Å². The fourth-order valence-corrected chi connectivity index (χ4v) is 4.60. The van der Waals surface area contributed by atoms with Gasteiger partial charge in [0.05, 0.1) is 17.1 Å². The van der Waals surface area contributed by atoms with Crippen molar-refractivity contribution in [2.45, 2.75) is 59.9 Å². The van der Waals surface area contributed by atoms with Gasteiger partial charge in [0.15, 0.2) is 0 Å². The van der Waals surface area contributed by atoms with E-state index in [1.165, 1.54) is 0 Å².